The van der Waals surface area contributed by atoms with Crippen LogP contribution in [0.1, 0.15) is 24.8 Å². The Morgan fingerprint density at radius 2 is 2.04 bits per heavy atom. The van der Waals surface area contributed by atoms with Gasteiger partial charge in [0.2, 0.25) is 5.95 Å². The van der Waals surface area contributed by atoms with Gasteiger partial charge in [0.25, 0.3) is 5.56 Å². The summed E-state index contributed by atoms with van der Waals surface area (Å²) in [5, 5.41) is 17.6. The molecule has 2 heterocycles. The number of H-pyrrole nitrogens is 1. The first-order valence-corrected chi connectivity index (χ1v) is 9.08. The third-order valence-corrected chi connectivity index (χ3v) is 4.72. The zero-order valence-electron chi connectivity index (χ0n) is 14.0. The van der Waals surface area contributed by atoms with E-state index in [9.17, 15) is 4.79 Å². The Bertz CT molecular complexity index is 954. The summed E-state index contributed by atoms with van der Waals surface area (Å²) in [6, 6.07) is 5.34. The lowest BCUT2D eigenvalue weighted by molar-refractivity contribution is 0.281. The molecule has 0 bridgehead atoms. The van der Waals surface area contributed by atoms with Crippen molar-refractivity contribution in [2.75, 3.05) is 11.9 Å². The van der Waals surface area contributed by atoms with Crippen LogP contribution < -0.4 is 10.9 Å². The minimum absolute atomic E-state index is 0.181. The molecule has 0 aliphatic rings. The molecule has 138 valence electrons. The number of benzene rings is 1. The Balaban J connectivity index is 1.76. The molecule has 0 aliphatic heterocycles. The summed E-state index contributed by atoms with van der Waals surface area (Å²) >= 11 is 11.9. The van der Waals surface area contributed by atoms with Crippen LogP contribution in [0, 0.1) is 0 Å². The van der Waals surface area contributed by atoms with E-state index in [1.165, 1.54) is 6.20 Å². The van der Waals surface area contributed by atoms with Crippen LogP contribution in [0.25, 0.3) is 11.0 Å². The monoisotopic (exact) mass is 395 g/mol. The smallest absolute Gasteiger partial charge is 0.263 e. The van der Waals surface area contributed by atoms with Crippen LogP contribution in [-0.4, -0.2) is 31.5 Å². The Kier molecular flexibility index (Phi) is 6.13. The fourth-order valence-electron chi connectivity index (χ4n) is 2.60. The molecule has 2 aromatic heterocycles. The minimum atomic E-state index is -0.242. The fourth-order valence-corrected chi connectivity index (χ4v) is 2.92. The third-order valence-electron chi connectivity index (χ3n) is 3.98. The molecule has 3 N–H and O–H groups in total. The van der Waals surface area contributed by atoms with Crippen LogP contribution in [0.5, 0.6) is 0 Å². The van der Waals surface area contributed by atoms with Gasteiger partial charge in [-0.05, 0) is 37.0 Å². The normalized spacial score (nSPS) is 11.2. The molecule has 0 saturated heterocycles. The van der Waals surface area contributed by atoms with E-state index in [2.05, 4.69) is 20.4 Å². The number of aromatic nitrogens is 4. The number of anilines is 1. The van der Waals surface area contributed by atoms with Crippen LogP contribution in [0.3, 0.4) is 0 Å². The molecule has 9 heteroatoms. The van der Waals surface area contributed by atoms with Crippen molar-refractivity contribution >= 4 is 40.2 Å². The molecule has 0 saturated carbocycles. The topological polar surface area (TPSA) is 95.8 Å². The minimum Gasteiger partial charge on any atom is -0.396 e. The van der Waals surface area contributed by atoms with Gasteiger partial charge in [0.05, 0.1) is 16.2 Å². The number of nitrogens with zero attached hydrogens (tertiary/aromatic N) is 3. The lowest BCUT2D eigenvalue weighted by Crippen LogP contribution is -2.14. The second kappa shape index (κ2) is 8.53. The van der Waals surface area contributed by atoms with E-state index in [4.69, 9.17) is 28.3 Å². The first-order chi connectivity index (χ1) is 12.6. The van der Waals surface area contributed by atoms with E-state index in [0.717, 1.165) is 24.8 Å². The summed E-state index contributed by atoms with van der Waals surface area (Å²) in [7, 11) is 0. The van der Waals surface area contributed by atoms with Gasteiger partial charge in [0, 0.05) is 19.7 Å². The molecule has 0 aliphatic carbocycles. The van der Waals surface area contributed by atoms with Crippen molar-refractivity contribution in [3.05, 3.63) is 50.4 Å². The number of aryl methyl sites for hydroxylation is 1. The van der Waals surface area contributed by atoms with E-state index in [1.54, 1.807) is 16.8 Å². The van der Waals surface area contributed by atoms with E-state index in [1.807, 2.05) is 6.07 Å². The Morgan fingerprint density at radius 1 is 1.19 bits per heavy atom. The summed E-state index contributed by atoms with van der Waals surface area (Å²) in [5.74, 6) is 0.366. The predicted octanol–water partition coefficient (Wildman–Crippen LogP) is 3.20. The molecule has 1 aromatic carbocycles. The highest BCUT2D eigenvalue weighted by Gasteiger charge is 2.10. The number of aliphatic hydroxyl groups is 1. The first kappa shape index (κ1) is 18.7. The van der Waals surface area contributed by atoms with Crippen molar-refractivity contribution in [1.29, 1.82) is 0 Å². The fraction of sp³-hybridized carbons (Fsp3) is 0.353. The molecule has 0 atom stereocenters. The number of hydrogen-bond acceptors (Lipinski definition) is 5. The van der Waals surface area contributed by atoms with Gasteiger partial charge >= 0.3 is 0 Å². The number of fused-ring (bicyclic) bond motifs is 1. The summed E-state index contributed by atoms with van der Waals surface area (Å²) in [5.41, 5.74) is 1.21. The van der Waals surface area contributed by atoms with Crippen molar-refractivity contribution in [2.45, 2.75) is 32.4 Å². The van der Waals surface area contributed by atoms with Crippen LogP contribution >= 0.6 is 23.2 Å². The predicted molar refractivity (Wildman–Crippen MR) is 103 cm³/mol. The number of rotatable bonds is 8. The molecule has 0 amide bonds. The first-order valence-electron chi connectivity index (χ1n) is 8.33. The summed E-state index contributed by atoms with van der Waals surface area (Å²) < 4.78 is 1.71. The highest BCUT2D eigenvalue weighted by atomic mass is 35.5. The van der Waals surface area contributed by atoms with Gasteiger partial charge in [-0.1, -0.05) is 29.3 Å². The van der Waals surface area contributed by atoms with Gasteiger partial charge in [0.15, 0.2) is 5.65 Å². The quantitative estimate of drug-likeness (QED) is 0.509. The molecule has 26 heavy (non-hydrogen) atoms. The highest BCUT2D eigenvalue weighted by molar-refractivity contribution is 6.42. The average molecular weight is 396 g/mol. The highest BCUT2D eigenvalue weighted by Crippen LogP contribution is 2.22. The summed E-state index contributed by atoms with van der Waals surface area (Å²) in [4.78, 5) is 19.4. The van der Waals surface area contributed by atoms with Crippen molar-refractivity contribution in [3.8, 4) is 0 Å². The SMILES string of the molecule is O=c1[nH]c(NCc2ccc(Cl)c(Cl)c2)nc2c1cnn2CCCCCO. The molecule has 3 aromatic rings. The average Bonchev–Trinajstić information content (AvgIpc) is 3.03. The zero-order valence-corrected chi connectivity index (χ0v) is 15.5. The maximum Gasteiger partial charge on any atom is 0.263 e. The van der Waals surface area contributed by atoms with Crippen LogP contribution in [0.2, 0.25) is 10.0 Å². The Labute approximate surface area is 160 Å². The Morgan fingerprint density at radius 3 is 2.81 bits per heavy atom. The molecule has 0 spiro atoms. The number of halogens is 2. The van der Waals surface area contributed by atoms with E-state index in [-0.39, 0.29) is 12.2 Å². The van der Waals surface area contributed by atoms with Gasteiger partial charge in [-0.15, -0.1) is 0 Å². The zero-order chi connectivity index (χ0) is 18.5. The molecule has 0 unspecified atom stereocenters. The largest absolute Gasteiger partial charge is 0.396 e. The molecule has 7 nitrogen and oxygen atoms in total. The summed E-state index contributed by atoms with van der Waals surface area (Å²) in [6.45, 7) is 1.27. The maximum atomic E-state index is 12.2. The Hall–Kier alpha value is -2.09. The molecule has 0 fully saturated rings. The van der Waals surface area contributed by atoms with E-state index >= 15 is 0 Å². The molecular weight excluding hydrogens is 377 g/mol. The number of aliphatic hydroxyl groups excluding tert-OH is 1. The number of nitrogens with one attached hydrogen (secondary N) is 2. The number of aromatic amines is 1. The van der Waals surface area contributed by atoms with Gasteiger partial charge in [0.1, 0.15) is 5.39 Å². The van der Waals surface area contributed by atoms with Crippen molar-refractivity contribution in [2.24, 2.45) is 0 Å². The van der Waals surface area contributed by atoms with Crippen LogP contribution in [0.4, 0.5) is 5.95 Å². The van der Waals surface area contributed by atoms with Crippen molar-refractivity contribution in [3.63, 3.8) is 0 Å². The van der Waals surface area contributed by atoms with E-state index in [0.29, 0.717) is 40.1 Å². The second-order valence-corrected chi connectivity index (χ2v) is 6.72. The molecule has 3 rings (SSSR count). The molecular formula is C17H19Cl2N5O2. The lowest BCUT2D eigenvalue weighted by atomic mass is 10.2. The third kappa shape index (κ3) is 4.35. The lowest BCUT2D eigenvalue weighted by Gasteiger charge is -2.08. The van der Waals surface area contributed by atoms with Gasteiger partial charge in [-0.2, -0.15) is 10.1 Å². The standard InChI is InChI=1S/C17H19Cl2N5O2/c18-13-5-4-11(8-14(13)19)9-20-17-22-15-12(16(26)23-17)10-21-24(15)6-2-1-3-7-25/h4-5,8,10,25H,1-3,6-7,9H2,(H2,20,22,23,26). The van der Waals surface area contributed by atoms with Gasteiger partial charge in [-0.3, -0.25) is 9.78 Å². The van der Waals surface area contributed by atoms with Gasteiger partial charge < -0.3 is 10.4 Å². The van der Waals surface area contributed by atoms with Crippen molar-refractivity contribution < 1.29 is 5.11 Å². The van der Waals surface area contributed by atoms with Crippen LogP contribution in [0.15, 0.2) is 29.2 Å². The second-order valence-electron chi connectivity index (χ2n) is 5.91. The van der Waals surface area contributed by atoms with Crippen molar-refractivity contribution in [1.82, 2.24) is 19.7 Å². The van der Waals surface area contributed by atoms with Crippen LogP contribution in [-0.2, 0) is 13.1 Å². The number of unbranched alkanes of at least 4 members (excludes halogenated alkanes) is 2. The van der Waals surface area contributed by atoms with E-state index < -0.39 is 0 Å². The van der Waals surface area contributed by atoms with Gasteiger partial charge in [-0.25, -0.2) is 4.68 Å². The maximum absolute atomic E-state index is 12.2. The molecule has 0 radical (unpaired) electrons. The summed E-state index contributed by atoms with van der Waals surface area (Å²) in [6.07, 6.45) is 4.03. The number of hydrogen-bond donors (Lipinski definition) is 3.